The summed E-state index contributed by atoms with van der Waals surface area (Å²) < 4.78 is 5.66. The molecule has 0 radical (unpaired) electrons. The second kappa shape index (κ2) is 9.53. The predicted molar refractivity (Wildman–Crippen MR) is 101 cm³/mol. The minimum atomic E-state index is -0.489. The maximum absolute atomic E-state index is 12.0. The highest BCUT2D eigenvalue weighted by Crippen LogP contribution is 2.17. The van der Waals surface area contributed by atoms with Crippen molar-refractivity contribution in [1.82, 2.24) is 4.90 Å². The van der Waals surface area contributed by atoms with Gasteiger partial charge >= 0.3 is 0 Å². The highest BCUT2D eigenvalue weighted by molar-refractivity contribution is 5.91. The van der Waals surface area contributed by atoms with E-state index in [4.69, 9.17) is 4.74 Å². The van der Waals surface area contributed by atoms with Gasteiger partial charge in [-0.3, -0.25) is 14.9 Å². The third-order valence-corrected chi connectivity index (χ3v) is 3.82. The van der Waals surface area contributed by atoms with Crippen LogP contribution in [0.1, 0.15) is 12.0 Å². The number of nitrogens with one attached hydrogen (secondary N) is 1. The quantitative estimate of drug-likeness (QED) is 0.550. The number of hydrogen-bond donors (Lipinski definition) is 1. The topological polar surface area (TPSA) is 84.7 Å². The van der Waals surface area contributed by atoms with E-state index in [1.165, 1.54) is 17.7 Å². The molecule has 0 heterocycles. The van der Waals surface area contributed by atoms with E-state index in [0.29, 0.717) is 31.8 Å². The lowest BCUT2D eigenvalue weighted by Gasteiger charge is -2.16. The molecule has 0 aromatic heterocycles. The minimum Gasteiger partial charge on any atom is -0.492 e. The summed E-state index contributed by atoms with van der Waals surface area (Å²) in [6.07, 6.45) is 0.295. The average Bonchev–Trinajstić information content (AvgIpc) is 2.62. The summed E-state index contributed by atoms with van der Waals surface area (Å²) in [5.74, 6) is 0.643. The molecule has 1 N–H and O–H groups in total. The van der Waals surface area contributed by atoms with E-state index in [1.807, 2.05) is 43.1 Å². The zero-order valence-corrected chi connectivity index (χ0v) is 15.0. The third-order valence-electron chi connectivity index (χ3n) is 3.82. The number of rotatable bonds is 9. The number of nitrogens with zero attached hydrogens (tertiary/aromatic N) is 2. The summed E-state index contributed by atoms with van der Waals surface area (Å²) in [7, 11) is 1.92. The van der Waals surface area contributed by atoms with Crippen molar-refractivity contribution < 1.29 is 14.5 Å². The maximum atomic E-state index is 12.0. The van der Waals surface area contributed by atoms with E-state index in [2.05, 4.69) is 5.32 Å². The van der Waals surface area contributed by atoms with Crippen LogP contribution in [0, 0.1) is 17.0 Å². The molecule has 138 valence electrons. The van der Waals surface area contributed by atoms with Crippen LogP contribution < -0.4 is 10.1 Å². The van der Waals surface area contributed by atoms with Gasteiger partial charge in [0.1, 0.15) is 12.4 Å². The van der Waals surface area contributed by atoms with Crippen molar-refractivity contribution in [3.05, 3.63) is 64.2 Å². The Bertz CT molecular complexity index is 747. The van der Waals surface area contributed by atoms with Gasteiger partial charge in [-0.2, -0.15) is 0 Å². The molecule has 26 heavy (non-hydrogen) atoms. The first-order chi connectivity index (χ1) is 12.4. The maximum Gasteiger partial charge on any atom is 0.271 e. The SMILES string of the molecule is Cc1ccc(OCCN(C)CCC(=O)Nc2cccc([N+](=O)[O-])c2)cc1. The molecule has 0 saturated heterocycles. The van der Waals surface area contributed by atoms with Crippen molar-refractivity contribution in [2.24, 2.45) is 0 Å². The van der Waals surface area contributed by atoms with Crippen LogP contribution in [0.25, 0.3) is 0 Å². The van der Waals surface area contributed by atoms with Crippen molar-refractivity contribution in [3.8, 4) is 5.75 Å². The normalized spacial score (nSPS) is 10.6. The van der Waals surface area contributed by atoms with Gasteiger partial charge in [-0.1, -0.05) is 23.8 Å². The first-order valence-corrected chi connectivity index (χ1v) is 8.36. The molecule has 7 heteroatoms. The molecule has 1 amide bonds. The number of carbonyl (C=O) groups is 1. The Morgan fingerprint density at radius 2 is 1.92 bits per heavy atom. The van der Waals surface area contributed by atoms with Gasteiger partial charge in [0.05, 0.1) is 4.92 Å². The van der Waals surface area contributed by atoms with E-state index < -0.39 is 4.92 Å². The van der Waals surface area contributed by atoms with Gasteiger partial charge in [0.2, 0.25) is 5.91 Å². The molecule has 0 bridgehead atoms. The van der Waals surface area contributed by atoms with E-state index in [-0.39, 0.29) is 11.6 Å². The molecular formula is C19H23N3O4. The monoisotopic (exact) mass is 357 g/mol. The van der Waals surface area contributed by atoms with Gasteiger partial charge in [-0.15, -0.1) is 0 Å². The number of nitro groups is 1. The highest BCUT2D eigenvalue weighted by atomic mass is 16.6. The van der Waals surface area contributed by atoms with Crippen LogP contribution in [-0.2, 0) is 4.79 Å². The number of aryl methyl sites for hydroxylation is 1. The predicted octanol–water partition coefficient (Wildman–Crippen LogP) is 3.24. The van der Waals surface area contributed by atoms with E-state index >= 15 is 0 Å². The van der Waals surface area contributed by atoms with Crippen molar-refractivity contribution in [2.75, 3.05) is 32.1 Å². The van der Waals surface area contributed by atoms with E-state index in [1.54, 1.807) is 12.1 Å². The number of carbonyl (C=O) groups excluding carboxylic acids is 1. The molecule has 0 aliphatic rings. The summed E-state index contributed by atoms with van der Waals surface area (Å²) >= 11 is 0. The number of ether oxygens (including phenoxy) is 1. The largest absolute Gasteiger partial charge is 0.492 e. The first kappa shape index (κ1) is 19.4. The second-order valence-corrected chi connectivity index (χ2v) is 6.07. The lowest BCUT2D eigenvalue weighted by Crippen LogP contribution is -2.28. The second-order valence-electron chi connectivity index (χ2n) is 6.07. The van der Waals surface area contributed by atoms with Crippen LogP contribution in [0.3, 0.4) is 0 Å². The van der Waals surface area contributed by atoms with Crippen LogP contribution in [0.2, 0.25) is 0 Å². The van der Waals surface area contributed by atoms with Crippen molar-refractivity contribution in [1.29, 1.82) is 0 Å². The molecule has 0 atom stereocenters. The lowest BCUT2D eigenvalue weighted by atomic mass is 10.2. The molecule has 0 aliphatic carbocycles. The smallest absolute Gasteiger partial charge is 0.271 e. The Morgan fingerprint density at radius 3 is 2.62 bits per heavy atom. The molecule has 0 spiro atoms. The van der Waals surface area contributed by atoms with Crippen LogP contribution >= 0.6 is 0 Å². The molecule has 0 aliphatic heterocycles. The number of nitro benzene ring substituents is 1. The van der Waals surface area contributed by atoms with Gasteiger partial charge in [0.15, 0.2) is 0 Å². The summed E-state index contributed by atoms with van der Waals surface area (Å²) in [6.45, 7) is 3.82. The fourth-order valence-electron chi connectivity index (χ4n) is 2.28. The number of benzene rings is 2. The molecule has 2 aromatic rings. The van der Waals surface area contributed by atoms with Gasteiger partial charge in [-0.25, -0.2) is 0 Å². The third kappa shape index (κ3) is 6.52. The Kier molecular flexibility index (Phi) is 7.11. The van der Waals surface area contributed by atoms with Crippen LogP contribution in [-0.4, -0.2) is 42.5 Å². The summed E-state index contributed by atoms with van der Waals surface area (Å²) in [5.41, 5.74) is 1.56. The Labute approximate surface area is 152 Å². The van der Waals surface area contributed by atoms with Gasteiger partial charge in [0, 0.05) is 37.3 Å². The summed E-state index contributed by atoms with van der Waals surface area (Å²) in [4.78, 5) is 24.2. The number of non-ortho nitro benzene ring substituents is 1. The molecule has 0 fully saturated rings. The lowest BCUT2D eigenvalue weighted by molar-refractivity contribution is -0.384. The molecule has 0 saturated carbocycles. The molecular weight excluding hydrogens is 334 g/mol. The average molecular weight is 357 g/mol. The number of hydrogen-bond acceptors (Lipinski definition) is 5. The first-order valence-electron chi connectivity index (χ1n) is 8.36. The molecule has 7 nitrogen and oxygen atoms in total. The van der Waals surface area contributed by atoms with Gasteiger partial charge in [0.25, 0.3) is 5.69 Å². The van der Waals surface area contributed by atoms with Gasteiger partial charge < -0.3 is 15.0 Å². The van der Waals surface area contributed by atoms with E-state index in [0.717, 1.165) is 5.75 Å². The standard InChI is InChI=1S/C19H23N3O4/c1-15-6-8-18(9-7-15)26-13-12-21(2)11-10-19(23)20-16-4-3-5-17(14-16)22(24)25/h3-9,14H,10-13H2,1-2H3,(H,20,23). The van der Waals surface area contributed by atoms with Crippen molar-refractivity contribution >= 4 is 17.3 Å². The minimum absolute atomic E-state index is 0.0480. The fraction of sp³-hybridized carbons (Fsp3) is 0.316. The highest BCUT2D eigenvalue weighted by Gasteiger charge is 2.09. The number of likely N-dealkylation sites (N-methyl/N-ethyl adjacent to an activating group) is 1. The zero-order valence-electron chi connectivity index (χ0n) is 15.0. The fourth-order valence-corrected chi connectivity index (χ4v) is 2.28. The summed E-state index contributed by atoms with van der Waals surface area (Å²) in [6, 6.07) is 13.8. The Balaban J connectivity index is 1.68. The molecule has 2 aromatic carbocycles. The molecule has 2 rings (SSSR count). The van der Waals surface area contributed by atoms with Gasteiger partial charge in [-0.05, 0) is 32.2 Å². The van der Waals surface area contributed by atoms with Crippen LogP contribution in [0.4, 0.5) is 11.4 Å². The summed E-state index contributed by atoms with van der Waals surface area (Å²) in [5, 5.41) is 13.4. The van der Waals surface area contributed by atoms with Crippen molar-refractivity contribution in [3.63, 3.8) is 0 Å². The Morgan fingerprint density at radius 1 is 1.19 bits per heavy atom. The number of anilines is 1. The van der Waals surface area contributed by atoms with E-state index in [9.17, 15) is 14.9 Å². The van der Waals surface area contributed by atoms with Crippen molar-refractivity contribution in [2.45, 2.75) is 13.3 Å². The Hall–Kier alpha value is -2.93. The van der Waals surface area contributed by atoms with Crippen LogP contribution in [0.15, 0.2) is 48.5 Å². The molecule has 0 unspecified atom stereocenters. The van der Waals surface area contributed by atoms with Crippen LogP contribution in [0.5, 0.6) is 5.75 Å². The zero-order chi connectivity index (χ0) is 18.9. The number of amides is 1.